The Bertz CT molecular complexity index is 251. The van der Waals surface area contributed by atoms with Crippen molar-refractivity contribution in [3.63, 3.8) is 0 Å². The highest BCUT2D eigenvalue weighted by molar-refractivity contribution is 4.93. The lowest BCUT2D eigenvalue weighted by Crippen LogP contribution is -2.49. The predicted octanol–water partition coefficient (Wildman–Crippen LogP) is 2.47. The summed E-state index contributed by atoms with van der Waals surface area (Å²) >= 11 is 0. The Hall–Kier alpha value is -0.120. The van der Waals surface area contributed by atoms with E-state index in [1.54, 1.807) is 0 Å². The molecule has 0 amide bonds. The van der Waals surface area contributed by atoms with Crippen LogP contribution >= 0.6 is 0 Å². The summed E-state index contributed by atoms with van der Waals surface area (Å²) < 4.78 is 5.90. The molecule has 0 aromatic rings. The number of aliphatic hydroxyl groups is 1. The van der Waals surface area contributed by atoms with Gasteiger partial charge in [-0.15, -0.1) is 0 Å². The third kappa shape index (κ3) is 4.52. The minimum atomic E-state index is -0.170. The second-order valence-electron chi connectivity index (χ2n) is 6.61. The second-order valence-corrected chi connectivity index (χ2v) is 6.61. The third-order valence-electron chi connectivity index (χ3n) is 4.37. The van der Waals surface area contributed by atoms with Crippen LogP contribution in [0.3, 0.4) is 0 Å². The molecule has 2 N–H and O–H groups in total. The van der Waals surface area contributed by atoms with Crippen LogP contribution in [0.1, 0.15) is 58.8 Å². The van der Waals surface area contributed by atoms with Crippen LogP contribution in [-0.4, -0.2) is 36.0 Å². The van der Waals surface area contributed by atoms with Crippen molar-refractivity contribution in [1.82, 2.24) is 5.32 Å². The fourth-order valence-electron chi connectivity index (χ4n) is 2.80. The second kappa shape index (κ2) is 6.36. The molecule has 0 radical (unpaired) electrons. The van der Waals surface area contributed by atoms with Crippen molar-refractivity contribution in [1.29, 1.82) is 0 Å². The van der Waals surface area contributed by atoms with Crippen LogP contribution in [0.25, 0.3) is 0 Å². The lowest BCUT2D eigenvalue weighted by Gasteiger charge is -2.32. The minimum Gasteiger partial charge on any atom is -0.394 e. The van der Waals surface area contributed by atoms with Gasteiger partial charge in [-0.3, -0.25) is 0 Å². The van der Waals surface area contributed by atoms with Gasteiger partial charge in [0.25, 0.3) is 0 Å². The van der Waals surface area contributed by atoms with Crippen LogP contribution in [0, 0.1) is 5.92 Å². The largest absolute Gasteiger partial charge is 0.394 e. The van der Waals surface area contributed by atoms with E-state index in [9.17, 15) is 5.11 Å². The summed E-state index contributed by atoms with van der Waals surface area (Å²) in [6.45, 7) is 5.32. The van der Waals surface area contributed by atoms with Gasteiger partial charge in [0, 0.05) is 18.2 Å². The van der Waals surface area contributed by atoms with Gasteiger partial charge in [-0.2, -0.15) is 0 Å². The van der Waals surface area contributed by atoms with Crippen LogP contribution in [0.5, 0.6) is 0 Å². The molecule has 3 heteroatoms. The van der Waals surface area contributed by atoms with Crippen LogP contribution in [0.2, 0.25) is 0 Å². The highest BCUT2D eigenvalue weighted by Crippen LogP contribution is 2.29. The molecule has 106 valence electrons. The number of hydrogen-bond donors (Lipinski definition) is 2. The fourth-order valence-corrected chi connectivity index (χ4v) is 2.80. The maximum absolute atomic E-state index is 9.55. The molecule has 2 rings (SSSR count). The zero-order valence-electron chi connectivity index (χ0n) is 12.0. The number of rotatable bonds is 9. The van der Waals surface area contributed by atoms with Gasteiger partial charge in [0.1, 0.15) is 0 Å². The summed E-state index contributed by atoms with van der Waals surface area (Å²) in [5.74, 6) is 0.922. The molecule has 0 heterocycles. The SMILES string of the molecule is CC(CC(C)(CO)NC1CC1)OCCC1CCC1. The topological polar surface area (TPSA) is 41.5 Å². The Morgan fingerprint density at radius 3 is 2.56 bits per heavy atom. The van der Waals surface area contributed by atoms with Gasteiger partial charge in [0.05, 0.1) is 12.7 Å². The third-order valence-corrected chi connectivity index (χ3v) is 4.37. The zero-order valence-corrected chi connectivity index (χ0v) is 12.0. The molecular formula is C15H29NO2. The van der Waals surface area contributed by atoms with Crippen LogP contribution < -0.4 is 5.32 Å². The number of aliphatic hydroxyl groups excluding tert-OH is 1. The van der Waals surface area contributed by atoms with Crippen molar-refractivity contribution in [2.45, 2.75) is 76.5 Å². The summed E-state index contributed by atoms with van der Waals surface area (Å²) in [7, 11) is 0. The average molecular weight is 255 g/mol. The lowest BCUT2D eigenvalue weighted by molar-refractivity contribution is 0.0172. The Balaban J connectivity index is 1.62. The monoisotopic (exact) mass is 255 g/mol. The molecule has 2 unspecified atom stereocenters. The molecular weight excluding hydrogens is 226 g/mol. The molecule has 18 heavy (non-hydrogen) atoms. The van der Waals surface area contributed by atoms with Crippen molar-refractivity contribution >= 4 is 0 Å². The lowest BCUT2D eigenvalue weighted by atomic mass is 9.83. The van der Waals surface area contributed by atoms with Crippen molar-refractivity contribution in [2.24, 2.45) is 5.92 Å². The van der Waals surface area contributed by atoms with Gasteiger partial charge < -0.3 is 15.2 Å². The van der Waals surface area contributed by atoms with E-state index in [2.05, 4.69) is 19.2 Å². The first kappa shape index (κ1) is 14.3. The number of nitrogens with one attached hydrogen (secondary N) is 1. The van der Waals surface area contributed by atoms with E-state index in [4.69, 9.17) is 4.74 Å². The Kier molecular flexibility index (Phi) is 5.05. The van der Waals surface area contributed by atoms with Gasteiger partial charge in [-0.25, -0.2) is 0 Å². The molecule has 0 aromatic heterocycles. The van der Waals surface area contributed by atoms with Crippen molar-refractivity contribution in [3.05, 3.63) is 0 Å². The van der Waals surface area contributed by atoms with Crippen molar-refractivity contribution in [2.75, 3.05) is 13.2 Å². The van der Waals surface area contributed by atoms with E-state index in [0.717, 1.165) is 18.9 Å². The summed E-state index contributed by atoms with van der Waals surface area (Å²) in [5.41, 5.74) is -0.170. The maximum Gasteiger partial charge on any atom is 0.0611 e. The molecule has 2 atom stereocenters. The predicted molar refractivity (Wildman–Crippen MR) is 73.6 cm³/mol. The molecule has 2 aliphatic carbocycles. The van der Waals surface area contributed by atoms with E-state index in [0.29, 0.717) is 6.04 Å². The van der Waals surface area contributed by atoms with E-state index in [1.807, 2.05) is 0 Å². The van der Waals surface area contributed by atoms with E-state index in [1.165, 1.54) is 38.5 Å². The molecule has 3 nitrogen and oxygen atoms in total. The highest BCUT2D eigenvalue weighted by atomic mass is 16.5. The first-order valence-electron chi connectivity index (χ1n) is 7.61. The maximum atomic E-state index is 9.55. The number of ether oxygens (including phenoxy) is 1. The Labute approximate surface area is 111 Å². The molecule has 0 aromatic carbocycles. The van der Waals surface area contributed by atoms with Gasteiger partial charge in [0.15, 0.2) is 0 Å². The van der Waals surface area contributed by atoms with Crippen LogP contribution in [-0.2, 0) is 4.74 Å². The quantitative estimate of drug-likeness (QED) is 0.665. The molecule has 0 bridgehead atoms. The van der Waals surface area contributed by atoms with Gasteiger partial charge in [0.2, 0.25) is 0 Å². The first-order chi connectivity index (χ1) is 8.61. The summed E-state index contributed by atoms with van der Waals surface area (Å²) in [5, 5.41) is 13.1. The summed E-state index contributed by atoms with van der Waals surface area (Å²) in [6, 6.07) is 0.629. The van der Waals surface area contributed by atoms with E-state index < -0.39 is 0 Å². The first-order valence-corrected chi connectivity index (χ1v) is 7.61. The minimum absolute atomic E-state index is 0.170. The average Bonchev–Trinajstić information content (AvgIpc) is 3.05. The van der Waals surface area contributed by atoms with Crippen LogP contribution in [0.4, 0.5) is 0 Å². The summed E-state index contributed by atoms with van der Waals surface area (Å²) in [6.07, 6.45) is 9.06. The standard InChI is InChI=1S/C15H29NO2/c1-12(18-9-8-13-4-3-5-13)10-15(2,11-17)16-14-6-7-14/h12-14,16-17H,3-11H2,1-2H3. The smallest absolute Gasteiger partial charge is 0.0611 e. The summed E-state index contributed by atoms with van der Waals surface area (Å²) in [4.78, 5) is 0. The van der Waals surface area contributed by atoms with E-state index >= 15 is 0 Å². The van der Waals surface area contributed by atoms with Crippen molar-refractivity contribution < 1.29 is 9.84 Å². The Morgan fingerprint density at radius 2 is 2.06 bits per heavy atom. The Morgan fingerprint density at radius 1 is 1.33 bits per heavy atom. The highest BCUT2D eigenvalue weighted by Gasteiger charge is 2.33. The molecule has 2 aliphatic rings. The van der Waals surface area contributed by atoms with Crippen LogP contribution in [0.15, 0.2) is 0 Å². The van der Waals surface area contributed by atoms with Crippen molar-refractivity contribution in [3.8, 4) is 0 Å². The molecule has 0 spiro atoms. The normalized spacial score (nSPS) is 25.5. The molecule has 0 aliphatic heterocycles. The molecule has 2 fully saturated rings. The number of hydrogen-bond acceptors (Lipinski definition) is 3. The zero-order chi connectivity index (χ0) is 13.0. The van der Waals surface area contributed by atoms with Gasteiger partial charge in [-0.1, -0.05) is 19.3 Å². The van der Waals surface area contributed by atoms with E-state index in [-0.39, 0.29) is 18.2 Å². The molecule has 0 saturated heterocycles. The fraction of sp³-hybridized carbons (Fsp3) is 1.00. The van der Waals surface area contributed by atoms with Gasteiger partial charge in [-0.05, 0) is 45.4 Å². The van der Waals surface area contributed by atoms with Gasteiger partial charge >= 0.3 is 0 Å². The molecule has 2 saturated carbocycles.